The van der Waals surface area contributed by atoms with Crippen molar-refractivity contribution in [1.29, 1.82) is 0 Å². The van der Waals surface area contributed by atoms with Crippen LogP contribution in [-0.4, -0.2) is 56.9 Å². The SMILES string of the molecule is O=S(=O)(CCN1CCN(c2ccc(O)cc2)CC1)c1ccc(Br)cc1. The summed E-state index contributed by atoms with van der Waals surface area (Å²) in [5, 5.41) is 9.37. The van der Waals surface area contributed by atoms with E-state index in [-0.39, 0.29) is 11.5 Å². The van der Waals surface area contributed by atoms with Crippen LogP contribution in [0.25, 0.3) is 0 Å². The van der Waals surface area contributed by atoms with Gasteiger partial charge in [0.2, 0.25) is 0 Å². The molecule has 5 nitrogen and oxygen atoms in total. The van der Waals surface area contributed by atoms with Crippen LogP contribution < -0.4 is 4.90 Å². The van der Waals surface area contributed by atoms with Crippen LogP contribution in [-0.2, 0) is 9.84 Å². The number of halogens is 1. The van der Waals surface area contributed by atoms with Crippen molar-refractivity contribution in [2.75, 3.05) is 43.4 Å². The van der Waals surface area contributed by atoms with Gasteiger partial charge in [-0.05, 0) is 48.5 Å². The molecule has 0 unspecified atom stereocenters. The Kier molecular flexibility index (Phi) is 5.66. The average molecular weight is 425 g/mol. The third kappa shape index (κ3) is 4.74. The molecule has 0 aliphatic carbocycles. The van der Waals surface area contributed by atoms with E-state index in [9.17, 15) is 13.5 Å². The Morgan fingerprint density at radius 2 is 1.52 bits per heavy atom. The van der Waals surface area contributed by atoms with Crippen molar-refractivity contribution in [3.05, 3.63) is 53.0 Å². The number of anilines is 1. The number of benzene rings is 2. The number of rotatable bonds is 5. The second-order valence-electron chi connectivity index (χ2n) is 6.12. The fourth-order valence-electron chi connectivity index (χ4n) is 2.90. The van der Waals surface area contributed by atoms with Crippen LogP contribution in [0.5, 0.6) is 5.75 Å². The highest BCUT2D eigenvalue weighted by molar-refractivity contribution is 9.10. The molecule has 0 aromatic heterocycles. The molecule has 2 aromatic carbocycles. The summed E-state index contributed by atoms with van der Waals surface area (Å²) >= 11 is 3.32. The van der Waals surface area contributed by atoms with Crippen LogP contribution in [0.3, 0.4) is 0 Å². The Hall–Kier alpha value is -1.57. The maximum atomic E-state index is 12.4. The van der Waals surface area contributed by atoms with Gasteiger partial charge in [-0.1, -0.05) is 15.9 Å². The fourth-order valence-corrected chi connectivity index (χ4v) is 4.45. The lowest BCUT2D eigenvalue weighted by molar-refractivity contribution is 0.272. The lowest BCUT2D eigenvalue weighted by Crippen LogP contribution is -2.47. The zero-order chi connectivity index (χ0) is 17.9. The minimum Gasteiger partial charge on any atom is -0.508 e. The number of sulfone groups is 1. The highest BCUT2D eigenvalue weighted by atomic mass is 79.9. The molecule has 7 heteroatoms. The van der Waals surface area contributed by atoms with Gasteiger partial charge >= 0.3 is 0 Å². The van der Waals surface area contributed by atoms with Gasteiger partial charge in [0.25, 0.3) is 0 Å². The Morgan fingerprint density at radius 1 is 0.920 bits per heavy atom. The number of phenols is 1. The van der Waals surface area contributed by atoms with Crippen molar-refractivity contribution in [3.63, 3.8) is 0 Å². The molecule has 1 aliphatic rings. The summed E-state index contributed by atoms with van der Waals surface area (Å²) in [7, 11) is -3.25. The van der Waals surface area contributed by atoms with Gasteiger partial charge in [0.05, 0.1) is 10.6 Å². The molecule has 25 heavy (non-hydrogen) atoms. The normalized spacial score (nSPS) is 16.1. The molecule has 1 heterocycles. The zero-order valence-corrected chi connectivity index (χ0v) is 16.2. The number of phenolic OH excluding ortho intramolecular Hbond substituents is 1. The molecule has 1 saturated heterocycles. The second-order valence-corrected chi connectivity index (χ2v) is 9.14. The number of hydrogen-bond acceptors (Lipinski definition) is 5. The molecule has 1 N–H and O–H groups in total. The molecule has 1 fully saturated rings. The van der Waals surface area contributed by atoms with Gasteiger partial charge < -0.3 is 10.0 Å². The zero-order valence-electron chi connectivity index (χ0n) is 13.8. The minimum absolute atomic E-state index is 0.133. The standard InChI is InChI=1S/C18H21BrN2O3S/c19-15-1-7-18(8-2-15)25(23,24)14-13-20-9-11-21(12-10-20)16-3-5-17(22)6-4-16/h1-8,22H,9-14H2. The Balaban J connectivity index is 1.52. The molecule has 0 radical (unpaired) electrons. The van der Waals surface area contributed by atoms with Crippen molar-refractivity contribution < 1.29 is 13.5 Å². The lowest BCUT2D eigenvalue weighted by Gasteiger charge is -2.36. The van der Waals surface area contributed by atoms with Gasteiger partial charge in [0.15, 0.2) is 9.84 Å². The highest BCUT2D eigenvalue weighted by Crippen LogP contribution is 2.20. The topological polar surface area (TPSA) is 60.9 Å². The molecule has 3 rings (SSSR count). The first-order valence-corrected chi connectivity index (χ1v) is 10.6. The van der Waals surface area contributed by atoms with E-state index in [0.29, 0.717) is 11.4 Å². The predicted molar refractivity (Wildman–Crippen MR) is 103 cm³/mol. The van der Waals surface area contributed by atoms with Gasteiger partial charge in [-0.3, -0.25) is 4.90 Å². The van der Waals surface area contributed by atoms with Crippen LogP contribution in [0.4, 0.5) is 5.69 Å². The molecule has 0 amide bonds. The van der Waals surface area contributed by atoms with E-state index in [4.69, 9.17) is 0 Å². The Labute approximate surface area is 156 Å². The van der Waals surface area contributed by atoms with Crippen molar-refractivity contribution >= 4 is 31.5 Å². The van der Waals surface area contributed by atoms with Gasteiger partial charge in [-0.15, -0.1) is 0 Å². The van der Waals surface area contributed by atoms with Gasteiger partial charge in [-0.25, -0.2) is 8.42 Å². The molecule has 0 spiro atoms. The van der Waals surface area contributed by atoms with E-state index >= 15 is 0 Å². The highest BCUT2D eigenvalue weighted by Gasteiger charge is 2.20. The fraction of sp³-hybridized carbons (Fsp3) is 0.333. The monoisotopic (exact) mass is 424 g/mol. The number of hydrogen-bond donors (Lipinski definition) is 1. The third-order valence-corrected chi connectivity index (χ3v) is 6.68. The minimum atomic E-state index is -3.25. The quantitative estimate of drug-likeness (QED) is 0.799. The van der Waals surface area contributed by atoms with Gasteiger partial charge in [-0.2, -0.15) is 0 Å². The summed E-state index contributed by atoms with van der Waals surface area (Å²) in [4.78, 5) is 4.81. The van der Waals surface area contributed by atoms with E-state index in [2.05, 4.69) is 25.7 Å². The number of piperazine rings is 1. The molecular formula is C18H21BrN2O3S. The van der Waals surface area contributed by atoms with Gasteiger partial charge in [0.1, 0.15) is 5.75 Å². The van der Waals surface area contributed by atoms with Gasteiger partial charge in [0, 0.05) is 42.9 Å². The third-order valence-electron chi connectivity index (χ3n) is 4.44. The van der Waals surface area contributed by atoms with E-state index in [1.54, 1.807) is 36.4 Å². The van der Waals surface area contributed by atoms with Crippen LogP contribution >= 0.6 is 15.9 Å². The van der Waals surface area contributed by atoms with Crippen molar-refractivity contribution in [3.8, 4) is 5.75 Å². The number of nitrogens with zero attached hydrogens (tertiary/aromatic N) is 2. The van der Waals surface area contributed by atoms with Crippen LogP contribution in [0.2, 0.25) is 0 Å². The predicted octanol–water partition coefficient (Wildman–Crippen LogP) is 2.75. The summed E-state index contributed by atoms with van der Waals surface area (Å²) in [5.74, 6) is 0.397. The molecule has 0 atom stereocenters. The molecule has 2 aromatic rings. The Morgan fingerprint density at radius 3 is 2.12 bits per heavy atom. The molecule has 0 saturated carbocycles. The maximum Gasteiger partial charge on any atom is 0.179 e. The lowest BCUT2D eigenvalue weighted by atomic mass is 10.2. The van der Waals surface area contributed by atoms with Crippen LogP contribution in [0.15, 0.2) is 57.9 Å². The molecular weight excluding hydrogens is 404 g/mol. The Bertz CT molecular complexity index is 799. The van der Waals surface area contributed by atoms with E-state index in [1.807, 2.05) is 12.1 Å². The van der Waals surface area contributed by atoms with Crippen molar-refractivity contribution in [2.24, 2.45) is 0 Å². The average Bonchev–Trinajstić information content (AvgIpc) is 2.62. The first kappa shape index (κ1) is 18.2. The van der Waals surface area contributed by atoms with E-state index in [1.165, 1.54) is 0 Å². The van der Waals surface area contributed by atoms with Crippen molar-refractivity contribution in [1.82, 2.24) is 4.90 Å². The molecule has 134 valence electrons. The largest absolute Gasteiger partial charge is 0.508 e. The summed E-state index contributed by atoms with van der Waals surface area (Å²) in [5.41, 5.74) is 1.08. The second kappa shape index (κ2) is 7.76. The summed E-state index contributed by atoms with van der Waals surface area (Å²) in [6, 6.07) is 14.0. The van der Waals surface area contributed by atoms with Crippen LogP contribution in [0, 0.1) is 0 Å². The summed E-state index contributed by atoms with van der Waals surface area (Å²) in [6.45, 7) is 3.90. The maximum absolute atomic E-state index is 12.4. The smallest absolute Gasteiger partial charge is 0.179 e. The first-order chi connectivity index (χ1) is 11.9. The van der Waals surface area contributed by atoms with Crippen molar-refractivity contribution in [2.45, 2.75) is 4.90 Å². The van der Waals surface area contributed by atoms with E-state index in [0.717, 1.165) is 36.3 Å². The summed E-state index contributed by atoms with van der Waals surface area (Å²) < 4.78 is 25.7. The molecule has 1 aliphatic heterocycles. The summed E-state index contributed by atoms with van der Waals surface area (Å²) in [6.07, 6.45) is 0. The van der Waals surface area contributed by atoms with E-state index < -0.39 is 9.84 Å². The van der Waals surface area contributed by atoms with Crippen LogP contribution in [0.1, 0.15) is 0 Å². The first-order valence-electron chi connectivity index (χ1n) is 8.19. The number of aromatic hydroxyl groups is 1. The molecule has 0 bridgehead atoms.